The zero-order valence-corrected chi connectivity index (χ0v) is 22.6. The third-order valence-corrected chi connectivity index (χ3v) is 8.96. The van der Waals surface area contributed by atoms with Crippen molar-refractivity contribution in [2.75, 3.05) is 32.7 Å². The predicted octanol–water partition coefficient (Wildman–Crippen LogP) is 5.48. The van der Waals surface area contributed by atoms with Gasteiger partial charge in [-0.15, -0.1) is 5.10 Å². The van der Waals surface area contributed by atoms with Gasteiger partial charge in [0.2, 0.25) is 0 Å². The minimum absolute atomic E-state index is 0.0637. The molecule has 0 radical (unpaired) electrons. The Kier molecular flexibility index (Phi) is 8.57. The Morgan fingerprint density at radius 1 is 1.08 bits per heavy atom. The second-order valence-electron chi connectivity index (χ2n) is 12.0. The van der Waals surface area contributed by atoms with E-state index in [1.54, 1.807) is 25.1 Å². The highest BCUT2D eigenvalue weighted by Crippen LogP contribution is 2.40. The number of hydrogen-bond acceptors (Lipinski definition) is 5. The van der Waals surface area contributed by atoms with E-state index in [1.807, 2.05) is 6.07 Å². The summed E-state index contributed by atoms with van der Waals surface area (Å²) in [6, 6.07) is 9.15. The molecule has 2 aliphatic heterocycles. The lowest BCUT2D eigenvalue weighted by atomic mass is 9.86. The number of carbonyl (C=O) groups is 1. The van der Waals surface area contributed by atoms with E-state index in [0.29, 0.717) is 37.5 Å². The number of carboxylic acids is 1. The molecule has 1 aromatic carbocycles. The van der Waals surface area contributed by atoms with Gasteiger partial charge in [-0.2, -0.15) is 13.9 Å². The molecule has 3 aliphatic rings. The van der Waals surface area contributed by atoms with E-state index in [0.717, 1.165) is 50.9 Å². The van der Waals surface area contributed by atoms with Crippen molar-refractivity contribution in [3.8, 4) is 0 Å². The molecule has 1 aliphatic carbocycles. The van der Waals surface area contributed by atoms with Crippen molar-refractivity contribution in [1.82, 2.24) is 20.0 Å². The van der Waals surface area contributed by atoms with Crippen LogP contribution in [0.3, 0.4) is 0 Å². The van der Waals surface area contributed by atoms with Crippen molar-refractivity contribution in [2.24, 2.45) is 17.8 Å². The van der Waals surface area contributed by atoms with Crippen LogP contribution in [0.2, 0.25) is 0 Å². The Balaban J connectivity index is 1.18. The van der Waals surface area contributed by atoms with E-state index >= 15 is 0 Å². The molecule has 1 aromatic heterocycles. The van der Waals surface area contributed by atoms with Gasteiger partial charge < -0.3 is 10.0 Å². The quantitative estimate of drug-likeness (QED) is 0.404. The van der Waals surface area contributed by atoms with Gasteiger partial charge in [0.25, 0.3) is 5.92 Å². The lowest BCUT2D eigenvalue weighted by Gasteiger charge is -2.35. The number of carboxylic acid groups (broad SMARTS) is 1. The minimum Gasteiger partial charge on any atom is -0.480 e. The van der Waals surface area contributed by atoms with Crippen molar-refractivity contribution in [3.05, 3.63) is 59.2 Å². The fourth-order valence-corrected chi connectivity index (χ4v) is 6.43. The number of halogens is 3. The first-order valence-corrected chi connectivity index (χ1v) is 14.3. The van der Waals surface area contributed by atoms with Crippen molar-refractivity contribution >= 4 is 5.97 Å². The molecular formula is C30H39F3N4O2. The molecule has 3 atom stereocenters. The Morgan fingerprint density at radius 2 is 1.85 bits per heavy atom. The molecule has 2 aromatic rings. The fourth-order valence-electron chi connectivity index (χ4n) is 6.43. The van der Waals surface area contributed by atoms with E-state index < -0.39 is 17.9 Å². The summed E-state index contributed by atoms with van der Waals surface area (Å²) in [5.74, 6) is -3.03. The largest absolute Gasteiger partial charge is 0.480 e. The first-order valence-electron chi connectivity index (χ1n) is 14.3. The van der Waals surface area contributed by atoms with E-state index in [9.17, 15) is 23.1 Å². The van der Waals surface area contributed by atoms with Crippen LogP contribution < -0.4 is 0 Å². The number of nitrogens with zero attached hydrogens (tertiary/aromatic N) is 4. The summed E-state index contributed by atoms with van der Waals surface area (Å²) in [5, 5.41) is 17.4. The van der Waals surface area contributed by atoms with Crippen LogP contribution >= 0.6 is 0 Å². The molecule has 0 amide bonds. The molecule has 39 heavy (non-hydrogen) atoms. The number of likely N-dealkylation sites (tertiary alicyclic amines) is 2. The first kappa shape index (κ1) is 28.0. The number of alkyl halides is 2. The number of aryl methyl sites for hydroxylation is 1. The maximum absolute atomic E-state index is 14.7. The zero-order valence-electron chi connectivity index (χ0n) is 22.6. The van der Waals surface area contributed by atoms with Gasteiger partial charge in [-0.25, -0.2) is 4.39 Å². The van der Waals surface area contributed by atoms with Crippen LogP contribution in [0.25, 0.3) is 0 Å². The van der Waals surface area contributed by atoms with E-state index in [4.69, 9.17) is 0 Å². The third-order valence-electron chi connectivity index (χ3n) is 8.96. The Bertz CT molecular complexity index is 1120. The van der Waals surface area contributed by atoms with Crippen molar-refractivity contribution in [2.45, 2.75) is 69.8 Å². The van der Waals surface area contributed by atoms with E-state index in [-0.39, 0.29) is 35.7 Å². The van der Waals surface area contributed by atoms with Crippen LogP contribution in [-0.4, -0.2) is 69.8 Å². The van der Waals surface area contributed by atoms with Crippen molar-refractivity contribution < 1.29 is 23.1 Å². The minimum atomic E-state index is -2.98. The molecule has 1 N–H and O–H groups in total. The highest BCUT2D eigenvalue weighted by molar-refractivity contribution is 5.73. The van der Waals surface area contributed by atoms with Gasteiger partial charge in [0.15, 0.2) is 0 Å². The van der Waals surface area contributed by atoms with Gasteiger partial charge in [-0.05, 0) is 93.3 Å². The molecule has 3 heterocycles. The maximum atomic E-state index is 14.7. The normalized spacial score (nSPS) is 24.2. The standard InChI is InChI=1S/C30H39F3N4O2/c1-20-5-8-28(35-34-20)30(32,33)12-9-21-10-13-36(14-11-21)17-24-18-37(27(29(38)39)15-22-6-7-22)19-26(24)23-3-2-4-25(31)16-23/h2-5,8,16,21-22,24,26-27H,6-7,9-15,17-19H2,1H3,(H,38,39)/t24?,26?,27-/m1/s1. The van der Waals surface area contributed by atoms with Crippen LogP contribution in [0.1, 0.15) is 67.8 Å². The van der Waals surface area contributed by atoms with Crippen LogP contribution in [-0.2, 0) is 10.7 Å². The second-order valence-corrected chi connectivity index (χ2v) is 12.0. The number of piperidine rings is 1. The highest BCUT2D eigenvalue weighted by Gasteiger charge is 2.42. The predicted molar refractivity (Wildman–Crippen MR) is 142 cm³/mol. The summed E-state index contributed by atoms with van der Waals surface area (Å²) in [6.07, 6.45) is 4.82. The number of hydrogen-bond donors (Lipinski definition) is 1. The highest BCUT2D eigenvalue weighted by atomic mass is 19.3. The monoisotopic (exact) mass is 544 g/mol. The summed E-state index contributed by atoms with van der Waals surface area (Å²) in [4.78, 5) is 16.6. The van der Waals surface area contributed by atoms with Gasteiger partial charge in [-0.1, -0.05) is 25.0 Å². The maximum Gasteiger partial charge on any atom is 0.320 e. The molecule has 1 saturated carbocycles. The fraction of sp³-hybridized carbons (Fsp3) is 0.633. The van der Waals surface area contributed by atoms with Crippen LogP contribution in [0.4, 0.5) is 13.2 Å². The molecule has 3 fully saturated rings. The Hall–Kier alpha value is -2.52. The molecule has 212 valence electrons. The Labute approximate surface area is 228 Å². The second kappa shape index (κ2) is 11.9. The molecule has 5 rings (SSSR count). The van der Waals surface area contributed by atoms with E-state index in [2.05, 4.69) is 20.0 Å². The van der Waals surface area contributed by atoms with Gasteiger partial charge in [0, 0.05) is 32.0 Å². The zero-order chi connectivity index (χ0) is 27.6. The summed E-state index contributed by atoms with van der Waals surface area (Å²) >= 11 is 0. The molecule has 2 saturated heterocycles. The smallest absolute Gasteiger partial charge is 0.320 e. The number of benzene rings is 1. The molecule has 2 unspecified atom stereocenters. The first-order chi connectivity index (χ1) is 18.7. The van der Waals surface area contributed by atoms with Gasteiger partial charge in [-0.3, -0.25) is 9.69 Å². The Morgan fingerprint density at radius 3 is 2.49 bits per heavy atom. The van der Waals surface area contributed by atoms with Gasteiger partial charge in [0.1, 0.15) is 17.6 Å². The lowest BCUT2D eigenvalue weighted by Crippen LogP contribution is -2.42. The average molecular weight is 545 g/mol. The van der Waals surface area contributed by atoms with Crippen molar-refractivity contribution in [3.63, 3.8) is 0 Å². The topological polar surface area (TPSA) is 69.6 Å². The van der Waals surface area contributed by atoms with Gasteiger partial charge >= 0.3 is 5.97 Å². The van der Waals surface area contributed by atoms with Crippen LogP contribution in [0.5, 0.6) is 0 Å². The molecular weight excluding hydrogens is 505 g/mol. The number of aromatic nitrogens is 2. The third kappa shape index (κ3) is 7.17. The summed E-state index contributed by atoms with van der Waals surface area (Å²) in [6.45, 7) is 5.48. The SMILES string of the molecule is Cc1ccc(C(F)(F)CCC2CCN(CC3CN([C@H](CC4CC4)C(=O)O)CC3c3cccc(F)c3)CC2)nn1. The summed E-state index contributed by atoms with van der Waals surface area (Å²) in [7, 11) is 0. The van der Waals surface area contributed by atoms with Gasteiger partial charge in [0.05, 0.1) is 5.69 Å². The number of aliphatic carboxylic acids is 1. The van der Waals surface area contributed by atoms with Crippen molar-refractivity contribution in [1.29, 1.82) is 0 Å². The summed E-state index contributed by atoms with van der Waals surface area (Å²) < 4.78 is 43.5. The van der Waals surface area contributed by atoms with E-state index in [1.165, 1.54) is 12.1 Å². The molecule has 9 heteroatoms. The summed E-state index contributed by atoms with van der Waals surface area (Å²) in [5.41, 5.74) is 1.28. The molecule has 6 nitrogen and oxygen atoms in total. The average Bonchev–Trinajstić information content (AvgIpc) is 3.65. The number of rotatable bonds is 11. The van der Waals surface area contributed by atoms with Crippen LogP contribution in [0.15, 0.2) is 36.4 Å². The molecule has 0 spiro atoms. The molecule has 0 bridgehead atoms. The lowest BCUT2D eigenvalue weighted by molar-refractivity contribution is -0.143. The van der Waals surface area contributed by atoms with Crippen LogP contribution in [0, 0.1) is 30.5 Å².